The van der Waals surface area contributed by atoms with Crippen LogP contribution in [0.2, 0.25) is 0 Å². The van der Waals surface area contributed by atoms with Crippen molar-refractivity contribution in [1.82, 2.24) is 14.8 Å². The van der Waals surface area contributed by atoms with Crippen LogP contribution in [0.3, 0.4) is 0 Å². The van der Waals surface area contributed by atoms with Gasteiger partial charge in [0.25, 0.3) is 0 Å². The van der Waals surface area contributed by atoms with Crippen LogP contribution in [0, 0.1) is 23.1 Å². The number of aromatic nitrogens is 3. The van der Waals surface area contributed by atoms with E-state index in [0.717, 1.165) is 28.9 Å². The molecule has 0 atom stereocenters. The predicted octanol–water partition coefficient (Wildman–Crippen LogP) is 4.28. The van der Waals surface area contributed by atoms with Gasteiger partial charge in [-0.05, 0) is 41.8 Å². The van der Waals surface area contributed by atoms with Gasteiger partial charge in [-0.25, -0.2) is 4.39 Å². The zero-order valence-corrected chi connectivity index (χ0v) is 13.6. The summed E-state index contributed by atoms with van der Waals surface area (Å²) in [6.45, 7) is 5.03. The fourth-order valence-electron chi connectivity index (χ4n) is 2.60. The summed E-state index contributed by atoms with van der Waals surface area (Å²) in [5.74, 6) is -0.0701. The van der Waals surface area contributed by atoms with Gasteiger partial charge in [0.1, 0.15) is 17.6 Å². The molecule has 5 heteroatoms. The second-order valence-corrected chi connectivity index (χ2v) is 6.05. The second kappa shape index (κ2) is 6.63. The molecule has 2 aromatic heterocycles. The van der Waals surface area contributed by atoms with Crippen LogP contribution in [0.25, 0.3) is 22.4 Å². The van der Waals surface area contributed by atoms with E-state index in [-0.39, 0.29) is 5.56 Å². The minimum absolute atomic E-state index is 0.0200. The van der Waals surface area contributed by atoms with Gasteiger partial charge in [0.05, 0.1) is 5.56 Å². The SMILES string of the molecule is CC(C)Cn1cc(-c2ccncc2)c(-c2ccc(F)c(C#N)c2)n1. The highest BCUT2D eigenvalue weighted by Crippen LogP contribution is 2.31. The molecule has 0 unspecified atom stereocenters. The largest absolute Gasteiger partial charge is 0.271 e. The van der Waals surface area contributed by atoms with Crippen molar-refractivity contribution in [1.29, 1.82) is 5.26 Å². The molecule has 0 spiro atoms. The minimum Gasteiger partial charge on any atom is -0.271 e. The number of halogens is 1. The van der Waals surface area contributed by atoms with Crippen LogP contribution in [0.1, 0.15) is 19.4 Å². The van der Waals surface area contributed by atoms with Crippen molar-refractivity contribution in [3.05, 3.63) is 60.3 Å². The fraction of sp³-hybridized carbons (Fsp3) is 0.211. The van der Waals surface area contributed by atoms with Crippen LogP contribution in [0.4, 0.5) is 4.39 Å². The molecule has 0 aliphatic heterocycles. The van der Waals surface area contributed by atoms with Crippen molar-refractivity contribution in [2.45, 2.75) is 20.4 Å². The van der Waals surface area contributed by atoms with Crippen molar-refractivity contribution in [3.63, 3.8) is 0 Å². The maximum Gasteiger partial charge on any atom is 0.140 e. The van der Waals surface area contributed by atoms with Gasteiger partial charge < -0.3 is 0 Å². The summed E-state index contributed by atoms with van der Waals surface area (Å²) in [5, 5.41) is 13.7. The molecule has 120 valence electrons. The summed E-state index contributed by atoms with van der Waals surface area (Å²) in [5.41, 5.74) is 3.40. The average molecular weight is 320 g/mol. The third-order valence-electron chi connectivity index (χ3n) is 3.67. The quantitative estimate of drug-likeness (QED) is 0.721. The van der Waals surface area contributed by atoms with Gasteiger partial charge in [-0.1, -0.05) is 13.8 Å². The molecule has 4 nitrogen and oxygen atoms in total. The molecule has 0 N–H and O–H groups in total. The number of hydrogen-bond acceptors (Lipinski definition) is 3. The van der Waals surface area contributed by atoms with Crippen molar-refractivity contribution in [2.24, 2.45) is 5.92 Å². The summed E-state index contributed by atoms with van der Waals surface area (Å²) in [7, 11) is 0. The van der Waals surface area contributed by atoms with E-state index in [2.05, 4.69) is 23.9 Å². The molecule has 0 bridgehead atoms. The van der Waals surface area contributed by atoms with E-state index in [0.29, 0.717) is 5.92 Å². The van der Waals surface area contributed by atoms with Crippen LogP contribution in [-0.2, 0) is 6.54 Å². The molecule has 2 heterocycles. The molecule has 0 radical (unpaired) electrons. The van der Waals surface area contributed by atoms with Gasteiger partial charge in [-0.3, -0.25) is 9.67 Å². The van der Waals surface area contributed by atoms with Crippen molar-refractivity contribution >= 4 is 0 Å². The fourth-order valence-corrected chi connectivity index (χ4v) is 2.60. The van der Waals surface area contributed by atoms with Gasteiger partial charge >= 0.3 is 0 Å². The Labute approximate surface area is 140 Å². The number of pyridine rings is 1. The highest BCUT2D eigenvalue weighted by Gasteiger charge is 2.15. The Morgan fingerprint density at radius 1 is 1.17 bits per heavy atom. The maximum atomic E-state index is 13.6. The van der Waals surface area contributed by atoms with E-state index in [9.17, 15) is 4.39 Å². The second-order valence-electron chi connectivity index (χ2n) is 6.05. The molecule has 0 fully saturated rings. The van der Waals surface area contributed by atoms with Crippen LogP contribution >= 0.6 is 0 Å². The number of rotatable bonds is 4. The van der Waals surface area contributed by atoms with Gasteiger partial charge in [0, 0.05) is 36.3 Å². The molecule has 0 aliphatic carbocycles. The first-order valence-corrected chi connectivity index (χ1v) is 7.76. The van der Waals surface area contributed by atoms with E-state index in [1.54, 1.807) is 24.5 Å². The van der Waals surface area contributed by atoms with E-state index < -0.39 is 5.82 Å². The predicted molar refractivity (Wildman–Crippen MR) is 90.4 cm³/mol. The molecular weight excluding hydrogens is 303 g/mol. The molecule has 0 saturated carbocycles. The maximum absolute atomic E-state index is 13.6. The van der Waals surface area contributed by atoms with Crippen molar-refractivity contribution < 1.29 is 4.39 Å². The summed E-state index contributed by atoms with van der Waals surface area (Å²) < 4.78 is 15.5. The molecular formula is C19H17FN4. The summed E-state index contributed by atoms with van der Waals surface area (Å²) in [6.07, 6.45) is 5.44. The minimum atomic E-state index is -0.520. The van der Waals surface area contributed by atoms with Crippen molar-refractivity contribution in [2.75, 3.05) is 0 Å². The van der Waals surface area contributed by atoms with Crippen LogP contribution < -0.4 is 0 Å². The topological polar surface area (TPSA) is 54.5 Å². The van der Waals surface area contributed by atoms with Gasteiger partial charge in [0.15, 0.2) is 0 Å². The lowest BCUT2D eigenvalue weighted by molar-refractivity contribution is 0.484. The third-order valence-corrected chi connectivity index (χ3v) is 3.67. The van der Waals surface area contributed by atoms with Gasteiger partial charge in [-0.15, -0.1) is 0 Å². The van der Waals surface area contributed by atoms with Crippen LogP contribution in [0.5, 0.6) is 0 Å². The highest BCUT2D eigenvalue weighted by atomic mass is 19.1. The smallest absolute Gasteiger partial charge is 0.140 e. The zero-order chi connectivity index (χ0) is 17.1. The Hall–Kier alpha value is -3.00. The third kappa shape index (κ3) is 3.18. The van der Waals surface area contributed by atoms with Gasteiger partial charge in [0.2, 0.25) is 0 Å². The first-order valence-electron chi connectivity index (χ1n) is 7.76. The lowest BCUT2D eigenvalue weighted by Gasteiger charge is -2.04. The first-order chi connectivity index (χ1) is 11.6. The number of nitrogens with zero attached hydrogens (tertiary/aromatic N) is 4. The molecule has 24 heavy (non-hydrogen) atoms. The van der Waals surface area contributed by atoms with Crippen LogP contribution in [-0.4, -0.2) is 14.8 Å². The Morgan fingerprint density at radius 2 is 1.92 bits per heavy atom. The first kappa shape index (κ1) is 15.9. The van der Waals surface area contributed by atoms with E-state index in [4.69, 9.17) is 5.26 Å². The van der Waals surface area contributed by atoms with Crippen LogP contribution in [0.15, 0.2) is 48.9 Å². The number of nitriles is 1. The Kier molecular flexibility index (Phi) is 4.39. The molecule has 3 rings (SSSR count). The zero-order valence-electron chi connectivity index (χ0n) is 13.6. The van der Waals surface area contributed by atoms with Gasteiger partial charge in [-0.2, -0.15) is 10.4 Å². The van der Waals surface area contributed by atoms with E-state index in [1.165, 1.54) is 6.07 Å². The van der Waals surface area contributed by atoms with Crippen molar-refractivity contribution in [3.8, 4) is 28.5 Å². The monoisotopic (exact) mass is 320 g/mol. The number of hydrogen-bond donors (Lipinski definition) is 0. The average Bonchev–Trinajstić information content (AvgIpc) is 2.99. The Bertz CT molecular complexity index is 891. The van der Waals surface area contributed by atoms with E-state index in [1.807, 2.05) is 29.1 Å². The molecule has 0 saturated heterocycles. The number of benzene rings is 1. The Morgan fingerprint density at radius 3 is 2.58 bits per heavy atom. The molecule has 3 aromatic rings. The lowest BCUT2D eigenvalue weighted by atomic mass is 10.0. The lowest BCUT2D eigenvalue weighted by Crippen LogP contribution is -2.04. The highest BCUT2D eigenvalue weighted by molar-refractivity contribution is 5.80. The standard InChI is InChI=1S/C19H17FN4/c1-13(2)11-24-12-17(14-5-7-22-8-6-14)19(23-24)15-3-4-18(20)16(9-15)10-21/h3-9,12-13H,11H2,1-2H3. The summed E-state index contributed by atoms with van der Waals surface area (Å²) in [4.78, 5) is 4.05. The molecule has 1 aromatic carbocycles. The molecule has 0 amide bonds. The summed E-state index contributed by atoms with van der Waals surface area (Å²) >= 11 is 0. The molecule has 0 aliphatic rings. The van der Waals surface area contributed by atoms with E-state index >= 15 is 0 Å². The summed E-state index contributed by atoms with van der Waals surface area (Å²) in [6, 6.07) is 10.2. The Balaban J connectivity index is 2.15. The normalized spacial score (nSPS) is 10.8.